The third-order valence-corrected chi connectivity index (χ3v) is 2.98. The van der Waals surface area contributed by atoms with Crippen molar-refractivity contribution >= 4 is 11.6 Å². The predicted molar refractivity (Wildman–Crippen MR) is 67.0 cm³/mol. The van der Waals surface area contributed by atoms with E-state index in [9.17, 15) is 4.79 Å². The molecular weight excluding hydrogens is 234 g/mol. The molecule has 98 valence electrons. The largest absolute Gasteiger partial charge is 0.454 e. The van der Waals surface area contributed by atoms with Gasteiger partial charge in [-0.15, -0.1) is 0 Å². The molecule has 0 saturated heterocycles. The Labute approximate surface area is 106 Å². The highest BCUT2D eigenvalue weighted by molar-refractivity contribution is 5.94. The molecule has 0 radical (unpaired) electrons. The lowest BCUT2D eigenvalue weighted by Crippen LogP contribution is -2.26. The molecule has 1 amide bonds. The molecule has 0 aliphatic carbocycles. The third kappa shape index (κ3) is 2.41. The van der Waals surface area contributed by atoms with Gasteiger partial charge in [-0.2, -0.15) is 0 Å². The zero-order valence-electron chi connectivity index (χ0n) is 10.6. The van der Waals surface area contributed by atoms with Crippen molar-refractivity contribution in [2.75, 3.05) is 25.3 Å². The van der Waals surface area contributed by atoms with Gasteiger partial charge in [0, 0.05) is 26.1 Å². The second kappa shape index (κ2) is 5.27. The Morgan fingerprint density at radius 2 is 2.06 bits per heavy atom. The Kier molecular flexibility index (Phi) is 3.72. The average Bonchev–Trinajstić information content (AvgIpc) is 2.81. The van der Waals surface area contributed by atoms with E-state index in [1.807, 2.05) is 19.1 Å². The summed E-state index contributed by atoms with van der Waals surface area (Å²) in [5, 5.41) is 8.74. The Bertz CT molecular complexity index is 459. The number of hydrogen-bond acceptors (Lipinski definition) is 4. The van der Waals surface area contributed by atoms with Crippen molar-refractivity contribution in [3.63, 3.8) is 0 Å². The number of nitrogens with zero attached hydrogens (tertiary/aromatic N) is 1. The Morgan fingerprint density at radius 1 is 1.39 bits per heavy atom. The van der Waals surface area contributed by atoms with Gasteiger partial charge in [-0.05, 0) is 25.0 Å². The molecule has 0 atom stereocenters. The molecule has 5 nitrogen and oxygen atoms in total. The van der Waals surface area contributed by atoms with Gasteiger partial charge in [0.2, 0.25) is 12.7 Å². The first-order valence-electron chi connectivity index (χ1n) is 5.91. The number of aryl methyl sites for hydroxylation is 1. The molecule has 0 spiro atoms. The van der Waals surface area contributed by atoms with Crippen LogP contribution in [0.3, 0.4) is 0 Å². The number of ether oxygens (including phenoxy) is 2. The fourth-order valence-corrected chi connectivity index (χ4v) is 1.93. The van der Waals surface area contributed by atoms with Gasteiger partial charge in [0.15, 0.2) is 11.5 Å². The summed E-state index contributed by atoms with van der Waals surface area (Å²) in [7, 11) is 1.73. The summed E-state index contributed by atoms with van der Waals surface area (Å²) in [5.41, 5.74) is 1.77. The third-order valence-electron chi connectivity index (χ3n) is 2.98. The Hall–Kier alpha value is -1.75. The van der Waals surface area contributed by atoms with Crippen LogP contribution in [0.1, 0.15) is 18.4 Å². The molecule has 1 aromatic rings. The van der Waals surface area contributed by atoms with Crippen LogP contribution >= 0.6 is 0 Å². The van der Waals surface area contributed by atoms with Crippen LogP contribution < -0.4 is 14.4 Å². The van der Waals surface area contributed by atoms with E-state index in [4.69, 9.17) is 14.6 Å². The number of carbonyl (C=O) groups is 1. The van der Waals surface area contributed by atoms with Gasteiger partial charge >= 0.3 is 0 Å². The number of carbonyl (C=O) groups excluding carboxylic acids is 1. The first-order chi connectivity index (χ1) is 8.63. The number of fused-ring (bicyclic) bond motifs is 1. The highest BCUT2D eigenvalue weighted by Crippen LogP contribution is 2.37. The molecule has 0 aromatic heterocycles. The minimum atomic E-state index is -0.0222. The van der Waals surface area contributed by atoms with Gasteiger partial charge in [0.1, 0.15) is 0 Å². The van der Waals surface area contributed by atoms with E-state index in [0.717, 1.165) is 11.3 Å². The van der Waals surface area contributed by atoms with Crippen LogP contribution in [0.15, 0.2) is 12.1 Å². The van der Waals surface area contributed by atoms with E-state index >= 15 is 0 Å². The van der Waals surface area contributed by atoms with Crippen LogP contribution in [0.2, 0.25) is 0 Å². The van der Waals surface area contributed by atoms with E-state index in [2.05, 4.69) is 0 Å². The maximum absolute atomic E-state index is 11.9. The van der Waals surface area contributed by atoms with Crippen molar-refractivity contribution in [3.8, 4) is 11.5 Å². The van der Waals surface area contributed by atoms with Crippen molar-refractivity contribution in [1.82, 2.24) is 0 Å². The summed E-state index contributed by atoms with van der Waals surface area (Å²) < 4.78 is 10.6. The fourth-order valence-electron chi connectivity index (χ4n) is 1.93. The molecule has 0 fully saturated rings. The monoisotopic (exact) mass is 251 g/mol. The Morgan fingerprint density at radius 3 is 2.72 bits per heavy atom. The fraction of sp³-hybridized carbons (Fsp3) is 0.462. The maximum atomic E-state index is 11.9. The molecular formula is C13H17NO4. The van der Waals surface area contributed by atoms with E-state index in [-0.39, 0.29) is 19.3 Å². The highest BCUT2D eigenvalue weighted by atomic mass is 16.7. The summed E-state index contributed by atoms with van der Waals surface area (Å²) >= 11 is 0. The lowest BCUT2D eigenvalue weighted by atomic mass is 10.1. The first kappa shape index (κ1) is 12.7. The van der Waals surface area contributed by atoms with Crippen molar-refractivity contribution < 1.29 is 19.4 Å². The number of rotatable bonds is 4. The number of hydrogen-bond donors (Lipinski definition) is 1. The van der Waals surface area contributed by atoms with Gasteiger partial charge < -0.3 is 19.5 Å². The van der Waals surface area contributed by atoms with E-state index in [1.165, 1.54) is 0 Å². The molecule has 1 heterocycles. The molecule has 1 N–H and O–H groups in total. The zero-order chi connectivity index (χ0) is 13.1. The standard InChI is InChI=1S/C13H17NO4/c1-9-6-11-12(18-8-17-11)7-10(9)14(2)13(16)4-3-5-15/h6-7,15H,3-5,8H2,1-2H3. The molecule has 5 heteroatoms. The average molecular weight is 251 g/mol. The second-order valence-electron chi connectivity index (χ2n) is 4.27. The van der Waals surface area contributed by atoms with Gasteiger partial charge in [0.25, 0.3) is 0 Å². The SMILES string of the molecule is Cc1cc2c(cc1N(C)C(=O)CCCO)OCO2. The van der Waals surface area contributed by atoms with Gasteiger partial charge in [-0.25, -0.2) is 0 Å². The molecule has 1 aliphatic rings. The molecule has 2 rings (SSSR count). The van der Waals surface area contributed by atoms with Crippen LogP contribution in [0.5, 0.6) is 11.5 Å². The molecule has 0 saturated carbocycles. The lowest BCUT2D eigenvalue weighted by molar-refractivity contribution is -0.118. The Balaban J connectivity index is 2.20. The first-order valence-corrected chi connectivity index (χ1v) is 5.91. The molecule has 0 unspecified atom stereocenters. The maximum Gasteiger partial charge on any atom is 0.231 e. The summed E-state index contributed by atoms with van der Waals surface area (Å²) in [5.74, 6) is 1.36. The van der Waals surface area contributed by atoms with Crippen LogP contribution in [-0.2, 0) is 4.79 Å². The second-order valence-corrected chi connectivity index (χ2v) is 4.27. The smallest absolute Gasteiger partial charge is 0.231 e. The van der Waals surface area contributed by atoms with Crippen LogP contribution in [-0.4, -0.2) is 31.5 Å². The summed E-state index contributed by atoms with van der Waals surface area (Å²) in [6.45, 7) is 2.17. The number of aliphatic hydroxyl groups is 1. The summed E-state index contributed by atoms with van der Waals surface area (Å²) in [6.07, 6.45) is 0.813. The molecule has 18 heavy (non-hydrogen) atoms. The lowest BCUT2D eigenvalue weighted by Gasteiger charge is -2.20. The topological polar surface area (TPSA) is 59.0 Å². The van der Waals surface area contributed by atoms with E-state index in [0.29, 0.717) is 24.3 Å². The number of aliphatic hydroxyl groups excluding tert-OH is 1. The van der Waals surface area contributed by atoms with Gasteiger partial charge in [-0.3, -0.25) is 4.79 Å². The number of anilines is 1. The van der Waals surface area contributed by atoms with Crippen molar-refractivity contribution in [3.05, 3.63) is 17.7 Å². The van der Waals surface area contributed by atoms with E-state index < -0.39 is 0 Å². The highest BCUT2D eigenvalue weighted by Gasteiger charge is 2.19. The van der Waals surface area contributed by atoms with Crippen LogP contribution in [0, 0.1) is 6.92 Å². The van der Waals surface area contributed by atoms with E-state index in [1.54, 1.807) is 11.9 Å². The van der Waals surface area contributed by atoms with Crippen LogP contribution in [0.4, 0.5) is 5.69 Å². The van der Waals surface area contributed by atoms with Gasteiger partial charge in [-0.1, -0.05) is 0 Å². The number of amides is 1. The minimum absolute atomic E-state index is 0.0222. The molecule has 1 aromatic carbocycles. The molecule has 0 bridgehead atoms. The van der Waals surface area contributed by atoms with Crippen molar-refractivity contribution in [2.24, 2.45) is 0 Å². The van der Waals surface area contributed by atoms with Gasteiger partial charge in [0.05, 0.1) is 5.69 Å². The summed E-state index contributed by atoms with van der Waals surface area (Å²) in [4.78, 5) is 13.5. The summed E-state index contributed by atoms with van der Waals surface area (Å²) in [6, 6.07) is 3.68. The predicted octanol–water partition coefficient (Wildman–Crippen LogP) is 1.46. The molecule has 1 aliphatic heterocycles. The number of benzene rings is 1. The van der Waals surface area contributed by atoms with Crippen LogP contribution in [0.25, 0.3) is 0 Å². The van der Waals surface area contributed by atoms with Crippen molar-refractivity contribution in [1.29, 1.82) is 0 Å². The zero-order valence-corrected chi connectivity index (χ0v) is 10.6. The quantitative estimate of drug-likeness (QED) is 0.880. The minimum Gasteiger partial charge on any atom is -0.454 e. The van der Waals surface area contributed by atoms with Crippen molar-refractivity contribution in [2.45, 2.75) is 19.8 Å². The normalized spacial score (nSPS) is 12.6.